The van der Waals surface area contributed by atoms with Crippen LogP contribution >= 0.6 is 11.6 Å². The van der Waals surface area contributed by atoms with Gasteiger partial charge in [0.15, 0.2) is 0 Å². The molecule has 1 nitrogen and oxygen atoms in total. The Hall–Kier alpha value is -1.78. The molecule has 0 aromatic heterocycles. The summed E-state index contributed by atoms with van der Waals surface area (Å²) < 4.78 is 0. The number of benzene rings is 2. The van der Waals surface area contributed by atoms with Gasteiger partial charge in [-0.25, -0.2) is 0 Å². The molecule has 0 atom stereocenters. The number of nitrogens with zero attached hydrogens (tertiary/aromatic N) is 1. The number of nitriles is 1. The lowest BCUT2D eigenvalue weighted by atomic mass is 10.0. The van der Waals surface area contributed by atoms with Crippen LogP contribution in [0.25, 0.3) is 0 Å². The third kappa shape index (κ3) is 3.34. The van der Waals surface area contributed by atoms with Gasteiger partial charge in [0, 0.05) is 5.02 Å². The molecule has 0 aliphatic rings. The highest BCUT2D eigenvalue weighted by atomic mass is 35.5. The summed E-state index contributed by atoms with van der Waals surface area (Å²) >= 11 is 5.84. The van der Waals surface area contributed by atoms with E-state index in [4.69, 9.17) is 16.9 Å². The number of halogens is 1. The third-order valence-electron chi connectivity index (χ3n) is 2.63. The zero-order valence-electron chi connectivity index (χ0n) is 9.36. The van der Waals surface area contributed by atoms with E-state index in [0.717, 1.165) is 17.0 Å². The smallest absolute Gasteiger partial charge is 0.0669 e. The Labute approximate surface area is 106 Å². The summed E-state index contributed by atoms with van der Waals surface area (Å²) in [6.07, 6.45) is 1.37. The van der Waals surface area contributed by atoms with Crippen LogP contribution in [0, 0.1) is 11.3 Å². The first-order valence-corrected chi connectivity index (χ1v) is 5.85. The van der Waals surface area contributed by atoms with Crippen LogP contribution in [0.2, 0.25) is 5.02 Å². The van der Waals surface area contributed by atoms with Crippen LogP contribution in [0.1, 0.15) is 16.7 Å². The van der Waals surface area contributed by atoms with E-state index in [-0.39, 0.29) is 0 Å². The quantitative estimate of drug-likeness (QED) is 0.797. The fourth-order valence-corrected chi connectivity index (χ4v) is 1.83. The van der Waals surface area contributed by atoms with Gasteiger partial charge in [0.25, 0.3) is 0 Å². The van der Waals surface area contributed by atoms with E-state index in [9.17, 15) is 0 Å². The van der Waals surface area contributed by atoms with Crippen LogP contribution in [-0.4, -0.2) is 0 Å². The molecule has 0 unspecified atom stereocenters. The molecule has 0 heterocycles. The Morgan fingerprint density at radius 2 is 1.29 bits per heavy atom. The van der Waals surface area contributed by atoms with Crippen molar-refractivity contribution in [1.29, 1.82) is 5.26 Å². The monoisotopic (exact) mass is 241 g/mol. The van der Waals surface area contributed by atoms with Crippen LogP contribution in [0.4, 0.5) is 0 Å². The third-order valence-corrected chi connectivity index (χ3v) is 2.88. The summed E-state index contributed by atoms with van der Waals surface area (Å²) in [6.45, 7) is 0. The van der Waals surface area contributed by atoms with Crippen molar-refractivity contribution in [2.24, 2.45) is 0 Å². The van der Waals surface area contributed by atoms with Gasteiger partial charge in [-0.2, -0.15) is 5.26 Å². The van der Waals surface area contributed by atoms with Crippen molar-refractivity contribution in [3.8, 4) is 6.07 Å². The maximum atomic E-state index is 8.59. The van der Waals surface area contributed by atoms with Crippen LogP contribution in [-0.2, 0) is 12.8 Å². The maximum absolute atomic E-state index is 8.59. The highest BCUT2D eigenvalue weighted by Gasteiger charge is 1.97. The summed E-state index contributed by atoms with van der Waals surface area (Å²) in [5.74, 6) is 0. The minimum atomic E-state index is 0.473. The first-order valence-electron chi connectivity index (χ1n) is 5.47. The molecular weight excluding hydrogens is 230 g/mol. The van der Waals surface area contributed by atoms with Gasteiger partial charge in [0.1, 0.15) is 0 Å². The molecule has 0 saturated heterocycles. The number of hydrogen-bond acceptors (Lipinski definition) is 1. The topological polar surface area (TPSA) is 23.8 Å². The van der Waals surface area contributed by atoms with Crippen LogP contribution < -0.4 is 0 Å². The van der Waals surface area contributed by atoms with Crippen molar-refractivity contribution in [3.05, 3.63) is 70.2 Å². The van der Waals surface area contributed by atoms with Gasteiger partial charge >= 0.3 is 0 Å². The normalized spacial score (nSPS) is 9.88. The highest BCUT2D eigenvalue weighted by Crippen LogP contribution is 2.14. The fourth-order valence-electron chi connectivity index (χ4n) is 1.70. The molecule has 2 rings (SSSR count). The Kier molecular flexibility index (Phi) is 3.80. The molecule has 0 aliphatic carbocycles. The zero-order chi connectivity index (χ0) is 12.1. The molecule has 2 aromatic carbocycles. The van der Waals surface area contributed by atoms with Gasteiger partial charge in [-0.1, -0.05) is 48.0 Å². The molecule has 0 aliphatic heterocycles. The Balaban J connectivity index is 2.09. The summed E-state index contributed by atoms with van der Waals surface area (Å²) in [6, 6.07) is 18.2. The van der Waals surface area contributed by atoms with Crippen LogP contribution in [0.3, 0.4) is 0 Å². The van der Waals surface area contributed by atoms with Crippen LogP contribution in [0.15, 0.2) is 48.5 Å². The average Bonchev–Trinajstić information content (AvgIpc) is 2.35. The fraction of sp³-hybridized carbons (Fsp3) is 0.133. The molecule has 0 N–H and O–H groups in total. The molecule has 0 spiro atoms. The van der Waals surface area contributed by atoms with Crippen molar-refractivity contribution in [2.75, 3.05) is 0 Å². The number of rotatable bonds is 3. The van der Waals surface area contributed by atoms with Crippen molar-refractivity contribution >= 4 is 11.6 Å². The van der Waals surface area contributed by atoms with Gasteiger partial charge in [0.05, 0.1) is 12.5 Å². The molecular formula is C15H12ClN. The zero-order valence-corrected chi connectivity index (χ0v) is 10.1. The van der Waals surface area contributed by atoms with Gasteiger partial charge in [0.2, 0.25) is 0 Å². The summed E-state index contributed by atoms with van der Waals surface area (Å²) in [5.41, 5.74) is 3.55. The summed E-state index contributed by atoms with van der Waals surface area (Å²) in [4.78, 5) is 0. The Bertz CT molecular complexity index is 520. The Morgan fingerprint density at radius 1 is 0.824 bits per heavy atom. The van der Waals surface area contributed by atoms with Gasteiger partial charge < -0.3 is 0 Å². The van der Waals surface area contributed by atoms with E-state index in [0.29, 0.717) is 6.42 Å². The van der Waals surface area contributed by atoms with Crippen molar-refractivity contribution in [1.82, 2.24) is 0 Å². The molecule has 17 heavy (non-hydrogen) atoms. The molecule has 0 bridgehead atoms. The Morgan fingerprint density at radius 3 is 1.82 bits per heavy atom. The largest absolute Gasteiger partial charge is 0.198 e. The predicted octanol–water partition coefficient (Wildman–Crippen LogP) is 4.00. The maximum Gasteiger partial charge on any atom is 0.0669 e. The van der Waals surface area contributed by atoms with Crippen molar-refractivity contribution in [2.45, 2.75) is 12.8 Å². The number of hydrogen-bond donors (Lipinski definition) is 0. The summed E-state index contributed by atoms with van der Waals surface area (Å²) in [5, 5.41) is 9.35. The molecule has 84 valence electrons. The highest BCUT2D eigenvalue weighted by molar-refractivity contribution is 6.30. The van der Waals surface area contributed by atoms with E-state index < -0.39 is 0 Å². The van der Waals surface area contributed by atoms with E-state index in [1.54, 1.807) is 0 Å². The lowest BCUT2D eigenvalue weighted by molar-refractivity contribution is 1.17. The SMILES string of the molecule is N#CCc1ccc(Cc2ccc(Cl)cc2)cc1. The van der Waals surface area contributed by atoms with Gasteiger partial charge in [-0.3, -0.25) is 0 Å². The van der Waals surface area contributed by atoms with Gasteiger partial charge in [-0.05, 0) is 35.2 Å². The van der Waals surface area contributed by atoms with E-state index in [1.165, 1.54) is 11.1 Å². The lowest BCUT2D eigenvalue weighted by Crippen LogP contribution is -1.89. The van der Waals surface area contributed by atoms with Gasteiger partial charge in [-0.15, -0.1) is 0 Å². The summed E-state index contributed by atoms with van der Waals surface area (Å²) in [7, 11) is 0. The van der Waals surface area contributed by atoms with Crippen molar-refractivity contribution < 1.29 is 0 Å². The average molecular weight is 242 g/mol. The second kappa shape index (κ2) is 5.52. The lowest BCUT2D eigenvalue weighted by Gasteiger charge is -2.03. The van der Waals surface area contributed by atoms with Crippen LogP contribution in [0.5, 0.6) is 0 Å². The first-order chi connectivity index (χ1) is 8.28. The molecule has 0 saturated carbocycles. The van der Waals surface area contributed by atoms with Crippen molar-refractivity contribution in [3.63, 3.8) is 0 Å². The second-order valence-corrected chi connectivity index (χ2v) is 4.39. The van der Waals surface area contributed by atoms with E-state index in [2.05, 4.69) is 18.2 Å². The second-order valence-electron chi connectivity index (χ2n) is 3.95. The molecule has 0 amide bonds. The standard InChI is InChI=1S/C15H12ClN/c16-15-7-5-14(6-8-15)11-13-3-1-12(2-4-13)9-10-17/h1-8H,9,11H2. The van der Waals surface area contributed by atoms with E-state index in [1.807, 2.05) is 36.4 Å². The molecule has 2 heteroatoms. The minimum Gasteiger partial charge on any atom is -0.198 e. The first kappa shape index (κ1) is 11.7. The van der Waals surface area contributed by atoms with E-state index >= 15 is 0 Å². The minimum absolute atomic E-state index is 0.473. The molecule has 2 aromatic rings. The predicted molar refractivity (Wildman–Crippen MR) is 70.0 cm³/mol. The molecule has 0 fully saturated rings. The molecule has 0 radical (unpaired) electrons.